The number of hydrogen-bond acceptors (Lipinski definition) is 4. The zero-order valence-corrected chi connectivity index (χ0v) is 12.9. The Morgan fingerprint density at radius 3 is 2.55 bits per heavy atom. The summed E-state index contributed by atoms with van der Waals surface area (Å²) in [7, 11) is 0. The molecule has 0 heterocycles. The van der Waals surface area contributed by atoms with Gasteiger partial charge >= 0.3 is 0 Å². The molecular weight excluding hydrogens is 254 g/mol. The molecule has 4 heteroatoms. The smallest absolute Gasteiger partial charge is 0.122 e. The molecule has 0 aliphatic rings. The molecular formula is C16H27NO3. The van der Waals surface area contributed by atoms with E-state index in [1.54, 1.807) is 0 Å². The van der Waals surface area contributed by atoms with Crippen molar-refractivity contribution in [3.63, 3.8) is 0 Å². The Kier molecular flexibility index (Phi) is 6.99. The van der Waals surface area contributed by atoms with E-state index in [4.69, 9.17) is 9.84 Å². The molecule has 0 fully saturated rings. The average molecular weight is 281 g/mol. The SMILES string of the molecule is Cc1ccc(OC[C@@H](O)[C@H](C)NC(C)C)c(CCO)c1. The summed E-state index contributed by atoms with van der Waals surface area (Å²) in [5.74, 6) is 0.737. The Bertz CT molecular complexity index is 407. The molecule has 0 saturated carbocycles. The van der Waals surface area contributed by atoms with Crippen molar-refractivity contribution in [1.29, 1.82) is 0 Å². The third-order valence-electron chi connectivity index (χ3n) is 3.18. The second kappa shape index (κ2) is 8.25. The zero-order valence-electron chi connectivity index (χ0n) is 12.9. The molecule has 0 unspecified atom stereocenters. The van der Waals surface area contributed by atoms with Gasteiger partial charge in [-0.1, -0.05) is 31.5 Å². The minimum atomic E-state index is -0.569. The Morgan fingerprint density at radius 2 is 1.95 bits per heavy atom. The summed E-state index contributed by atoms with van der Waals surface area (Å²) in [5.41, 5.74) is 2.11. The highest BCUT2D eigenvalue weighted by atomic mass is 16.5. The maximum absolute atomic E-state index is 10.1. The highest BCUT2D eigenvalue weighted by Crippen LogP contribution is 2.21. The van der Waals surface area contributed by atoms with Crippen molar-refractivity contribution in [2.45, 2.75) is 52.3 Å². The van der Waals surface area contributed by atoms with Crippen LogP contribution in [0, 0.1) is 6.92 Å². The molecule has 0 aliphatic carbocycles. The Labute approximate surface area is 121 Å². The number of aryl methyl sites for hydroxylation is 1. The van der Waals surface area contributed by atoms with Crippen LogP contribution in [0.1, 0.15) is 31.9 Å². The van der Waals surface area contributed by atoms with E-state index in [-0.39, 0.29) is 19.3 Å². The summed E-state index contributed by atoms with van der Waals surface area (Å²) in [5, 5.41) is 22.4. The largest absolute Gasteiger partial charge is 0.491 e. The summed E-state index contributed by atoms with van der Waals surface area (Å²) < 4.78 is 5.71. The minimum absolute atomic E-state index is 0.0262. The first-order valence-corrected chi connectivity index (χ1v) is 7.21. The second-order valence-electron chi connectivity index (χ2n) is 5.57. The van der Waals surface area contributed by atoms with Crippen LogP contribution >= 0.6 is 0 Å². The van der Waals surface area contributed by atoms with E-state index in [2.05, 4.69) is 5.32 Å². The van der Waals surface area contributed by atoms with Crippen LogP contribution in [0.15, 0.2) is 18.2 Å². The standard InChI is InChI=1S/C16H27NO3/c1-11(2)17-13(4)15(19)10-20-16-6-5-12(3)9-14(16)7-8-18/h5-6,9,11,13,15,17-19H,7-8,10H2,1-4H3/t13-,15+/m0/s1. The number of nitrogens with one attached hydrogen (secondary N) is 1. The van der Waals surface area contributed by atoms with Crippen LogP contribution in [0.25, 0.3) is 0 Å². The number of aliphatic hydroxyl groups excluding tert-OH is 2. The molecule has 2 atom stereocenters. The van der Waals surface area contributed by atoms with Gasteiger partial charge in [0.15, 0.2) is 0 Å². The molecule has 20 heavy (non-hydrogen) atoms. The topological polar surface area (TPSA) is 61.7 Å². The van der Waals surface area contributed by atoms with Crippen LogP contribution in [0.5, 0.6) is 5.75 Å². The number of benzene rings is 1. The molecule has 0 aromatic heterocycles. The number of aliphatic hydroxyl groups is 2. The molecule has 0 amide bonds. The van der Waals surface area contributed by atoms with Gasteiger partial charge in [0.2, 0.25) is 0 Å². The van der Waals surface area contributed by atoms with Gasteiger partial charge in [-0.15, -0.1) is 0 Å². The lowest BCUT2D eigenvalue weighted by Gasteiger charge is -2.23. The minimum Gasteiger partial charge on any atom is -0.491 e. The van der Waals surface area contributed by atoms with Crippen molar-refractivity contribution in [1.82, 2.24) is 5.32 Å². The molecule has 1 rings (SSSR count). The van der Waals surface area contributed by atoms with Gasteiger partial charge in [0.05, 0.1) is 0 Å². The van der Waals surface area contributed by atoms with E-state index < -0.39 is 6.10 Å². The van der Waals surface area contributed by atoms with Gasteiger partial charge in [-0.2, -0.15) is 0 Å². The van der Waals surface area contributed by atoms with Gasteiger partial charge in [0.1, 0.15) is 18.5 Å². The molecule has 4 nitrogen and oxygen atoms in total. The van der Waals surface area contributed by atoms with Crippen LogP contribution in [-0.4, -0.2) is 41.6 Å². The fourth-order valence-electron chi connectivity index (χ4n) is 2.12. The van der Waals surface area contributed by atoms with Crippen LogP contribution in [0.3, 0.4) is 0 Å². The summed E-state index contributed by atoms with van der Waals surface area (Å²) in [6.07, 6.45) is -0.00641. The first-order chi connectivity index (χ1) is 9.43. The molecule has 0 saturated heterocycles. The zero-order chi connectivity index (χ0) is 15.1. The van der Waals surface area contributed by atoms with Crippen molar-refractivity contribution in [3.8, 4) is 5.75 Å². The molecule has 0 bridgehead atoms. The summed E-state index contributed by atoms with van der Waals surface area (Å²) >= 11 is 0. The van der Waals surface area contributed by atoms with Gasteiger partial charge in [-0.25, -0.2) is 0 Å². The summed E-state index contributed by atoms with van der Waals surface area (Å²) in [6.45, 7) is 8.37. The second-order valence-corrected chi connectivity index (χ2v) is 5.57. The lowest BCUT2D eigenvalue weighted by atomic mass is 10.1. The molecule has 1 aromatic rings. The van der Waals surface area contributed by atoms with Gasteiger partial charge in [0, 0.05) is 18.7 Å². The van der Waals surface area contributed by atoms with Gasteiger partial charge in [-0.3, -0.25) is 0 Å². The van der Waals surface area contributed by atoms with Crippen molar-refractivity contribution in [3.05, 3.63) is 29.3 Å². The predicted octanol–water partition coefficient (Wildman–Crippen LogP) is 1.66. The molecule has 0 radical (unpaired) electrons. The fraction of sp³-hybridized carbons (Fsp3) is 0.625. The first kappa shape index (κ1) is 17.0. The first-order valence-electron chi connectivity index (χ1n) is 7.21. The molecule has 1 aromatic carbocycles. The predicted molar refractivity (Wildman–Crippen MR) is 81.2 cm³/mol. The summed E-state index contributed by atoms with van der Waals surface area (Å²) in [6, 6.07) is 6.17. The van der Waals surface area contributed by atoms with E-state index >= 15 is 0 Å². The highest BCUT2D eigenvalue weighted by molar-refractivity contribution is 5.37. The average Bonchev–Trinajstić information content (AvgIpc) is 2.37. The van der Waals surface area contributed by atoms with E-state index in [1.807, 2.05) is 45.9 Å². The van der Waals surface area contributed by atoms with Crippen molar-refractivity contribution < 1.29 is 14.9 Å². The maximum Gasteiger partial charge on any atom is 0.122 e. The highest BCUT2D eigenvalue weighted by Gasteiger charge is 2.16. The lowest BCUT2D eigenvalue weighted by molar-refractivity contribution is 0.0754. The molecule has 3 N–H and O–H groups in total. The molecule has 114 valence electrons. The molecule has 0 spiro atoms. The Hall–Kier alpha value is -1.10. The van der Waals surface area contributed by atoms with E-state index in [1.165, 1.54) is 0 Å². The normalized spacial score (nSPS) is 14.3. The van der Waals surface area contributed by atoms with Crippen LogP contribution in [0.2, 0.25) is 0 Å². The fourth-order valence-corrected chi connectivity index (χ4v) is 2.12. The van der Waals surface area contributed by atoms with Gasteiger partial charge in [0.25, 0.3) is 0 Å². The van der Waals surface area contributed by atoms with Crippen molar-refractivity contribution in [2.75, 3.05) is 13.2 Å². The van der Waals surface area contributed by atoms with Crippen LogP contribution in [-0.2, 0) is 6.42 Å². The van der Waals surface area contributed by atoms with Crippen molar-refractivity contribution >= 4 is 0 Å². The van der Waals surface area contributed by atoms with Crippen LogP contribution < -0.4 is 10.1 Å². The van der Waals surface area contributed by atoms with Gasteiger partial charge < -0.3 is 20.3 Å². The van der Waals surface area contributed by atoms with E-state index in [9.17, 15) is 5.11 Å². The Morgan fingerprint density at radius 1 is 1.25 bits per heavy atom. The number of ether oxygens (including phenoxy) is 1. The van der Waals surface area contributed by atoms with E-state index in [0.717, 1.165) is 16.9 Å². The lowest BCUT2D eigenvalue weighted by Crippen LogP contribution is -2.43. The number of hydrogen-bond donors (Lipinski definition) is 3. The summed E-state index contributed by atoms with van der Waals surface area (Å²) in [4.78, 5) is 0. The number of rotatable bonds is 8. The van der Waals surface area contributed by atoms with Crippen molar-refractivity contribution in [2.24, 2.45) is 0 Å². The van der Waals surface area contributed by atoms with Gasteiger partial charge in [-0.05, 0) is 31.9 Å². The quantitative estimate of drug-likeness (QED) is 0.678. The third-order valence-corrected chi connectivity index (χ3v) is 3.18. The monoisotopic (exact) mass is 281 g/mol. The third kappa shape index (κ3) is 5.49. The molecule has 0 aliphatic heterocycles. The van der Waals surface area contributed by atoms with Crippen LogP contribution in [0.4, 0.5) is 0 Å². The Balaban J connectivity index is 2.60. The maximum atomic E-state index is 10.1. The van der Waals surface area contributed by atoms with E-state index in [0.29, 0.717) is 12.5 Å².